The van der Waals surface area contributed by atoms with Crippen LogP contribution in [0.3, 0.4) is 0 Å². The van der Waals surface area contributed by atoms with Crippen LogP contribution in [-0.2, 0) is 6.54 Å². The SMILES string of the molecule is Cc1nc2cnc(N3CCN(C4(CC(F)F)CC4)CC3)c(C#N)c2c(=O)n1CCOc1ccc(Cl)cc1-c1ccnc2c(C(=O)O)csc12. The van der Waals surface area contributed by atoms with Gasteiger partial charge in [-0.1, -0.05) is 11.6 Å². The van der Waals surface area contributed by atoms with E-state index in [4.69, 9.17) is 16.3 Å². The van der Waals surface area contributed by atoms with E-state index in [1.807, 2.05) is 4.90 Å². The largest absolute Gasteiger partial charge is 0.491 e. The summed E-state index contributed by atoms with van der Waals surface area (Å²) in [7, 11) is 0. The Morgan fingerprint density at radius 1 is 1.18 bits per heavy atom. The van der Waals surface area contributed by atoms with Gasteiger partial charge in [0.05, 0.1) is 39.4 Å². The van der Waals surface area contributed by atoms with Gasteiger partial charge in [-0.15, -0.1) is 11.3 Å². The van der Waals surface area contributed by atoms with Crippen molar-refractivity contribution in [1.82, 2.24) is 24.4 Å². The van der Waals surface area contributed by atoms with E-state index < -0.39 is 23.5 Å². The number of carbonyl (C=O) groups is 1. The van der Waals surface area contributed by atoms with E-state index in [9.17, 15) is 28.7 Å². The zero-order valence-corrected chi connectivity index (χ0v) is 27.9. The van der Waals surface area contributed by atoms with Crippen LogP contribution in [0.2, 0.25) is 5.02 Å². The molecule has 252 valence electrons. The molecule has 0 unspecified atom stereocenters. The maximum absolute atomic E-state index is 14.0. The third-order valence-corrected chi connectivity index (χ3v) is 10.6. The molecule has 0 radical (unpaired) electrons. The molecule has 2 fully saturated rings. The zero-order valence-electron chi connectivity index (χ0n) is 26.3. The first-order valence-electron chi connectivity index (χ1n) is 15.7. The third-order valence-electron chi connectivity index (χ3n) is 9.38. The second-order valence-electron chi connectivity index (χ2n) is 12.2. The first-order chi connectivity index (χ1) is 23.6. The highest BCUT2D eigenvalue weighted by Gasteiger charge is 2.50. The monoisotopic (exact) mass is 705 g/mol. The van der Waals surface area contributed by atoms with Crippen LogP contribution in [-0.4, -0.2) is 80.2 Å². The number of carboxylic acids is 1. The lowest BCUT2D eigenvalue weighted by molar-refractivity contribution is 0.0657. The van der Waals surface area contributed by atoms with Crippen LogP contribution in [0.4, 0.5) is 14.6 Å². The molecule has 1 saturated heterocycles. The van der Waals surface area contributed by atoms with Crippen molar-refractivity contribution >= 4 is 55.8 Å². The van der Waals surface area contributed by atoms with Crippen molar-refractivity contribution in [2.45, 2.75) is 44.7 Å². The normalized spacial score (nSPS) is 16.0. The molecule has 0 bridgehead atoms. The predicted molar refractivity (Wildman–Crippen MR) is 182 cm³/mol. The van der Waals surface area contributed by atoms with Crippen LogP contribution < -0.4 is 15.2 Å². The molecule has 49 heavy (non-hydrogen) atoms. The van der Waals surface area contributed by atoms with Crippen LogP contribution in [0.15, 0.2) is 46.8 Å². The van der Waals surface area contributed by atoms with Gasteiger partial charge in [0.1, 0.15) is 35.6 Å². The average molecular weight is 706 g/mol. The molecule has 1 aromatic carbocycles. The number of fused-ring (bicyclic) bond motifs is 2. The van der Waals surface area contributed by atoms with Crippen molar-refractivity contribution in [2.24, 2.45) is 0 Å². The minimum atomic E-state index is -2.35. The summed E-state index contributed by atoms with van der Waals surface area (Å²) in [5.74, 6) is 0.218. The number of piperazine rings is 1. The number of anilines is 1. The van der Waals surface area contributed by atoms with Gasteiger partial charge in [0.2, 0.25) is 6.43 Å². The molecule has 1 aliphatic heterocycles. The standard InChI is InChI=1S/C34H30ClF2N7O4S/c1-19-41-25-17-40-31(42-8-10-43(11-9-42)34(5-6-34)15-27(36)37)23(16-38)28(25)32(45)44(19)12-13-48-26-3-2-20(35)14-22(26)21-4-7-39-29-24(33(46)47)18-49-30(21)29/h2-4,7,14,17-18,27H,5-6,8-13,15H2,1H3,(H,46,47). The number of pyridine rings is 2. The minimum absolute atomic E-state index is 0.0732. The van der Waals surface area contributed by atoms with E-state index in [0.717, 1.165) is 12.8 Å². The highest BCUT2D eigenvalue weighted by Crippen LogP contribution is 2.47. The third kappa shape index (κ3) is 6.07. The summed E-state index contributed by atoms with van der Waals surface area (Å²) in [6.07, 6.45) is 2.09. The molecule has 0 atom stereocenters. The van der Waals surface area contributed by atoms with Gasteiger partial charge >= 0.3 is 5.97 Å². The second kappa shape index (κ2) is 13.0. The predicted octanol–water partition coefficient (Wildman–Crippen LogP) is 5.99. The van der Waals surface area contributed by atoms with E-state index in [1.54, 1.807) is 36.6 Å². The van der Waals surface area contributed by atoms with E-state index in [2.05, 4.69) is 25.9 Å². The van der Waals surface area contributed by atoms with E-state index in [1.165, 1.54) is 28.3 Å². The second-order valence-corrected chi connectivity index (χ2v) is 13.5. The molecule has 1 aliphatic carbocycles. The summed E-state index contributed by atoms with van der Waals surface area (Å²) < 4.78 is 34.7. The van der Waals surface area contributed by atoms with Gasteiger partial charge in [-0.25, -0.2) is 23.5 Å². The summed E-state index contributed by atoms with van der Waals surface area (Å²) >= 11 is 7.63. The molecule has 7 rings (SSSR count). The number of alkyl halides is 2. The summed E-state index contributed by atoms with van der Waals surface area (Å²) in [5.41, 5.74) is 1.44. The number of nitrogens with zero attached hydrogens (tertiary/aromatic N) is 7. The van der Waals surface area contributed by atoms with Crippen molar-refractivity contribution in [3.8, 4) is 22.9 Å². The molecular formula is C34H30ClF2N7O4S. The topological polar surface area (TPSA) is 137 Å². The van der Waals surface area contributed by atoms with E-state index in [0.29, 0.717) is 75.5 Å². The zero-order chi connectivity index (χ0) is 34.4. The molecule has 11 nitrogen and oxygen atoms in total. The van der Waals surface area contributed by atoms with Gasteiger partial charge < -0.3 is 14.7 Å². The maximum Gasteiger partial charge on any atom is 0.338 e. The van der Waals surface area contributed by atoms with Crippen LogP contribution in [0.1, 0.15) is 41.0 Å². The number of thiophene rings is 1. The lowest BCUT2D eigenvalue weighted by Gasteiger charge is -2.40. The number of nitriles is 1. The van der Waals surface area contributed by atoms with Gasteiger partial charge in [-0.05, 0) is 44.0 Å². The Hall–Kier alpha value is -4.71. The molecule has 2 aliphatic rings. The molecule has 0 spiro atoms. The number of aromatic carboxylic acids is 1. The molecule has 15 heteroatoms. The molecular weight excluding hydrogens is 676 g/mol. The van der Waals surface area contributed by atoms with Gasteiger partial charge in [0.15, 0.2) is 0 Å². The number of aromatic nitrogens is 4. The van der Waals surface area contributed by atoms with Crippen LogP contribution >= 0.6 is 22.9 Å². The quantitative estimate of drug-likeness (QED) is 0.185. The first kappa shape index (κ1) is 32.8. The fraction of sp³-hybridized carbons (Fsp3) is 0.353. The van der Waals surface area contributed by atoms with Crippen molar-refractivity contribution < 1.29 is 23.4 Å². The number of ether oxygens (including phenoxy) is 1. The lowest BCUT2D eigenvalue weighted by atomic mass is 10.0. The Morgan fingerprint density at radius 2 is 1.96 bits per heavy atom. The smallest absolute Gasteiger partial charge is 0.338 e. The van der Waals surface area contributed by atoms with Crippen molar-refractivity contribution in [3.05, 3.63) is 74.4 Å². The summed E-state index contributed by atoms with van der Waals surface area (Å²) in [5, 5.41) is 22.0. The highest BCUT2D eigenvalue weighted by atomic mass is 35.5. The average Bonchev–Trinajstić information content (AvgIpc) is 3.72. The Morgan fingerprint density at radius 3 is 2.65 bits per heavy atom. The van der Waals surface area contributed by atoms with Crippen molar-refractivity contribution in [3.63, 3.8) is 0 Å². The molecule has 1 N–H and O–H groups in total. The summed E-state index contributed by atoms with van der Waals surface area (Å²) in [6, 6.07) is 9.09. The summed E-state index contributed by atoms with van der Waals surface area (Å²) in [6.45, 7) is 4.02. The highest BCUT2D eigenvalue weighted by molar-refractivity contribution is 7.18. The van der Waals surface area contributed by atoms with Gasteiger partial charge in [-0.3, -0.25) is 19.2 Å². The fourth-order valence-electron chi connectivity index (χ4n) is 6.77. The van der Waals surface area contributed by atoms with Crippen LogP contribution in [0.25, 0.3) is 32.2 Å². The Balaban J connectivity index is 1.14. The molecule has 4 aromatic heterocycles. The van der Waals surface area contributed by atoms with Gasteiger partial charge in [0, 0.05) is 65.9 Å². The molecule has 5 aromatic rings. The van der Waals surface area contributed by atoms with E-state index >= 15 is 0 Å². The number of rotatable bonds is 10. The molecule has 1 saturated carbocycles. The lowest BCUT2D eigenvalue weighted by Crippen LogP contribution is -2.52. The first-order valence-corrected chi connectivity index (χ1v) is 17.0. The number of hydrogen-bond donors (Lipinski definition) is 1. The van der Waals surface area contributed by atoms with E-state index in [-0.39, 0.29) is 36.1 Å². The van der Waals surface area contributed by atoms with Crippen LogP contribution in [0, 0.1) is 18.3 Å². The number of hydrogen-bond acceptors (Lipinski definition) is 10. The van der Waals surface area contributed by atoms with Crippen molar-refractivity contribution in [2.75, 3.05) is 37.7 Å². The number of benzene rings is 1. The van der Waals surface area contributed by atoms with Gasteiger partial charge in [0.25, 0.3) is 5.56 Å². The Kier molecular flexibility index (Phi) is 8.68. The number of aryl methyl sites for hydroxylation is 1. The molecule has 0 amide bonds. The van der Waals surface area contributed by atoms with Crippen LogP contribution in [0.5, 0.6) is 5.75 Å². The van der Waals surface area contributed by atoms with Crippen molar-refractivity contribution in [1.29, 1.82) is 5.26 Å². The number of carboxylic acid groups (broad SMARTS) is 1. The minimum Gasteiger partial charge on any atom is -0.491 e. The maximum atomic E-state index is 14.0. The Labute approximate surface area is 288 Å². The summed E-state index contributed by atoms with van der Waals surface area (Å²) in [4.78, 5) is 43.1. The molecule has 5 heterocycles. The van der Waals surface area contributed by atoms with Gasteiger partial charge in [-0.2, -0.15) is 5.26 Å². The Bertz CT molecular complexity index is 2210. The number of halogens is 3. The fourth-order valence-corrected chi connectivity index (χ4v) is 7.97.